The first kappa shape index (κ1) is 23.1. The second-order valence-corrected chi connectivity index (χ2v) is 8.22. The molecule has 0 unspecified atom stereocenters. The summed E-state index contributed by atoms with van der Waals surface area (Å²) in [7, 11) is 0. The smallest absolute Gasteiger partial charge is 0.251 e. The van der Waals surface area contributed by atoms with Gasteiger partial charge in [0.15, 0.2) is 0 Å². The van der Waals surface area contributed by atoms with Crippen molar-refractivity contribution in [2.45, 2.75) is 13.0 Å². The van der Waals surface area contributed by atoms with E-state index in [1.165, 1.54) is 0 Å². The van der Waals surface area contributed by atoms with Crippen LogP contribution in [-0.2, 0) is 6.54 Å². The Balaban J connectivity index is 1.20. The summed E-state index contributed by atoms with van der Waals surface area (Å²) in [5, 5.41) is 2.92. The second kappa shape index (κ2) is 11.2. The molecule has 180 valence electrons. The van der Waals surface area contributed by atoms with Gasteiger partial charge in [-0.15, -0.1) is 0 Å². The normalized spacial score (nSPS) is 10.8. The van der Waals surface area contributed by atoms with Gasteiger partial charge in [0, 0.05) is 37.0 Å². The first-order chi connectivity index (χ1) is 17.8. The molecular weight excluding hydrogens is 452 g/mol. The number of carbonyl (C=O) groups is 1. The summed E-state index contributed by atoms with van der Waals surface area (Å²) in [6, 6.07) is 26.9. The molecule has 2 aromatic heterocycles. The molecule has 5 rings (SSSR count). The molecule has 7 nitrogen and oxygen atoms in total. The number of ether oxygens (including phenoxy) is 2. The van der Waals surface area contributed by atoms with E-state index in [0.717, 1.165) is 40.2 Å². The van der Waals surface area contributed by atoms with Gasteiger partial charge < -0.3 is 14.8 Å². The number of para-hydroxylation sites is 1. The number of amides is 1. The van der Waals surface area contributed by atoms with Gasteiger partial charge in [-0.2, -0.15) is 0 Å². The Kier molecular flexibility index (Phi) is 7.18. The van der Waals surface area contributed by atoms with Crippen molar-refractivity contribution >= 4 is 16.9 Å². The number of benzene rings is 3. The highest BCUT2D eigenvalue weighted by molar-refractivity contribution is 5.97. The predicted octanol–water partition coefficient (Wildman–Crippen LogP) is 5.20. The van der Waals surface area contributed by atoms with Crippen LogP contribution < -0.4 is 14.8 Å². The lowest BCUT2D eigenvalue weighted by atomic mass is 10.1. The third-order valence-electron chi connectivity index (χ3n) is 5.65. The Hall–Kier alpha value is -4.65. The lowest BCUT2D eigenvalue weighted by Crippen LogP contribution is -2.22. The van der Waals surface area contributed by atoms with Crippen molar-refractivity contribution in [1.29, 1.82) is 0 Å². The highest BCUT2D eigenvalue weighted by atomic mass is 16.5. The van der Waals surface area contributed by atoms with E-state index in [1.807, 2.05) is 83.4 Å². The van der Waals surface area contributed by atoms with E-state index in [0.29, 0.717) is 25.3 Å². The maximum absolute atomic E-state index is 12.6. The van der Waals surface area contributed by atoms with Crippen LogP contribution in [0.1, 0.15) is 22.3 Å². The van der Waals surface area contributed by atoms with Crippen molar-refractivity contribution < 1.29 is 14.3 Å². The number of rotatable bonds is 10. The third-order valence-corrected chi connectivity index (χ3v) is 5.65. The van der Waals surface area contributed by atoms with Crippen molar-refractivity contribution in [3.8, 4) is 17.2 Å². The Bertz CT molecular complexity index is 1440. The summed E-state index contributed by atoms with van der Waals surface area (Å²) in [4.78, 5) is 21.2. The molecule has 3 aromatic carbocycles. The van der Waals surface area contributed by atoms with Gasteiger partial charge in [0.05, 0.1) is 29.9 Å². The highest BCUT2D eigenvalue weighted by Gasteiger charge is 2.11. The number of hydrogen-bond acceptors (Lipinski definition) is 5. The lowest BCUT2D eigenvalue weighted by molar-refractivity contribution is 0.0951. The molecule has 0 aliphatic rings. The molecule has 1 amide bonds. The molecule has 36 heavy (non-hydrogen) atoms. The van der Waals surface area contributed by atoms with Gasteiger partial charge in [-0.25, -0.2) is 4.98 Å². The minimum absolute atomic E-state index is 0.151. The SMILES string of the molecule is O=C(NCc1cccnc1)c1ccc2c(c1)ncn2-c1cccc(OCCCOc2ccccc2)c1. The number of nitrogens with zero attached hydrogens (tertiary/aromatic N) is 3. The number of imidazole rings is 1. The van der Waals surface area contributed by atoms with E-state index in [2.05, 4.69) is 15.3 Å². The van der Waals surface area contributed by atoms with E-state index < -0.39 is 0 Å². The second-order valence-electron chi connectivity index (χ2n) is 8.22. The standard InChI is InChI=1S/C29H26N4O3/c34-29(31-20-22-7-5-14-30-19-22)23-12-13-28-27(17-23)32-21-33(28)24-8-4-11-26(18-24)36-16-6-15-35-25-9-2-1-3-10-25/h1-5,7-14,17-19,21H,6,15-16,20H2,(H,31,34). The fourth-order valence-electron chi connectivity index (χ4n) is 3.83. The minimum atomic E-state index is -0.151. The predicted molar refractivity (Wildman–Crippen MR) is 139 cm³/mol. The zero-order valence-corrected chi connectivity index (χ0v) is 19.7. The molecule has 0 spiro atoms. The molecule has 0 radical (unpaired) electrons. The summed E-state index contributed by atoms with van der Waals surface area (Å²) in [6.45, 7) is 1.57. The summed E-state index contributed by atoms with van der Waals surface area (Å²) < 4.78 is 13.6. The molecule has 5 aromatic rings. The molecule has 7 heteroatoms. The molecule has 0 aliphatic heterocycles. The number of carbonyl (C=O) groups excluding carboxylic acids is 1. The molecule has 0 fully saturated rings. The lowest BCUT2D eigenvalue weighted by Gasteiger charge is -2.10. The maximum Gasteiger partial charge on any atom is 0.251 e. The van der Waals surface area contributed by atoms with Crippen LogP contribution in [0.3, 0.4) is 0 Å². The topological polar surface area (TPSA) is 78.3 Å². The third kappa shape index (κ3) is 5.70. The molecule has 0 atom stereocenters. The maximum atomic E-state index is 12.6. The summed E-state index contributed by atoms with van der Waals surface area (Å²) >= 11 is 0. The zero-order chi connectivity index (χ0) is 24.6. The van der Waals surface area contributed by atoms with E-state index in [4.69, 9.17) is 9.47 Å². The van der Waals surface area contributed by atoms with Crippen LogP contribution in [-0.4, -0.2) is 33.7 Å². The van der Waals surface area contributed by atoms with Crippen LogP contribution in [0.25, 0.3) is 16.7 Å². The van der Waals surface area contributed by atoms with Gasteiger partial charge in [-0.1, -0.05) is 30.3 Å². The summed E-state index contributed by atoms with van der Waals surface area (Å²) in [6.07, 6.45) is 5.98. The minimum Gasteiger partial charge on any atom is -0.493 e. The van der Waals surface area contributed by atoms with Crippen LogP contribution >= 0.6 is 0 Å². The zero-order valence-electron chi connectivity index (χ0n) is 19.7. The van der Waals surface area contributed by atoms with Gasteiger partial charge in [-0.3, -0.25) is 14.3 Å². The van der Waals surface area contributed by atoms with Crippen LogP contribution in [0.2, 0.25) is 0 Å². The van der Waals surface area contributed by atoms with Crippen molar-refractivity contribution in [2.75, 3.05) is 13.2 Å². The van der Waals surface area contributed by atoms with Crippen LogP contribution in [0.4, 0.5) is 0 Å². The van der Waals surface area contributed by atoms with Crippen LogP contribution in [0.15, 0.2) is 104 Å². The number of hydrogen-bond donors (Lipinski definition) is 1. The largest absolute Gasteiger partial charge is 0.493 e. The van der Waals surface area contributed by atoms with Gasteiger partial charge in [0.1, 0.15) is 17.8 Å². The molecular formula is C29H26N4O3. The fraction of sp³-hybridized carbons (Fsp3) is 0.138. The van der Waals surface area contributed by atoms with E-state index in [9.17, 15) is 4.79 Å². The Morgan fingerprint density at radius 2 is 1.69 bits per heavy atom. The molecule has 1 N–H and O–H groups in total. The number of nitrogens with one attached hydrogen (secondary N) is 1. The van der Waals surface area contributed by atoms with E-state index >= 15 is 0 Å². The van der Waals surface area contributed by atoms with E-state index in [-0.39, 0.29) is 5.91 Å². The average molecular weight is 479 g/mol. The number of fused-ring (bicyclic) bond motifs is 1. The van der Waals surface area contributed by atoms with Crippen molar-refractivity contribution in [2.24, 2.45) is 0 Å². The highest BCUT2D eigenvalue weighted by Crippen LogP contribution is 2.23. The van der Waals surface area contributed by atoms with Gasteiger partial charge in [0.2, 0.25) is 0 Å². The van der Waals surface area contributed by atoms with Gasteiger partial charge >= 0.3 is 0 Å². The van der Waals surface area contributed by atoms with Gasteiger partial charge in [-0.05, 0) is 54.1 Å². The average Bonchev–Trinajstić information content (AvgIpc) is 3.36. The van der Waals surface area contributed by atoms with Crippen molar-refractivity contribution in [3.63, 3.8) is 0 Å². The van der Waals surface area contributed by atoms with E-state index in [1.54, 1.807) is 24.8 Å². The molecule has 0 bridgehead atoms. The Morgan fingerprint density at radius 3 is 2.53 bits per heavy atom. The first-order valence-electron chi connectivity index (χ1n) is 11.8. The number of aromatic nitrogens is 3. The van der Waals surface area contributed by atoms with Crippen molar-refractivity contribution in [1.82, 2.24) is 19.9 Å². The summed E-state index contributed by atoms with van der Waals surface area (Å²) in [5.74, 6) is 1.49. The molecule has 0 saturated carbocycles. The number of pyridine rings is 1. The molecule has 0 saturated heterocycles. The first-order valence-corrected chi connectivity index (χ1v) is 11.8. The Morgan fingerprint density at radius 1 is 0.861 bits per heavy atom. The fourth-order valence-corrected chi connectivity index (χ4v) is 3.83. The van der Waals surface area contributed by atoms with Crippen LogP contribution in [0.5, 0.6) is 11.5 Å². The quantitative estimate of drug-likeness (QED) is 0.279. The molecule has 0 aliphatic carbocycles. The molecule has 2 heterocycles. The monoisotopic (exact) mass is 478 g/mol. The van der Waals surface area contributed by atoms with Crippen molar-refractivity contribution in [3.05, 3.63) is 115 Å². The summed E-state index contributed by atoms with van der Waals surface area (Å²) in [5.41, 5.74) is 4.10. The Labute approximate surface area is 209 Å². The van der Waals surface area contributed by atoms with Crippen LogP contribution in [0, 0.1) is 0 Å². The van der Waals surface area contributed by atoms with Gasteiger partial charge in [0.25, 0.3) is 5.91 Å².